The van der Waals surface area contributed by atoms with Gasteiger partial charge in [-0.1, -0.05) is 115 Å². The van der Waals surface area contributed by atoms with Crippen molar-refractivity contribution in [3.63, 3.8) is 0 Å². The molecular weight excluding hydrogens is 368 g/mol. The highest BCUT2D eigenvalue weighted by atomic mass is 32.2. The third kappa shape index (κ3) is 12.6. The fourth-order valence-electron chi connectivity index (χ4n) is 3.41. The normalized spacial score (nSPS) is 11.8. The number of hydrogen-bond donors (Lipinski definition) is 0. The van der Waals surface area contributed by atoms with Crippen LogP contribution in [0.5, 0.6) is 0 Å². The molecule has 0 spiro atoms. The lowest BCUT2D eigenvalue weighted by Gasteiger charge is -2.06. The lowest BCUT2D eigenvalue weighted by molar-refractivity contribution is 0.306. The topological polar surface area (TPSA) is 43.4 Å². The van der Waals surface area contributed by atoms with Gasteiger partial charge in [-0.05, 0) is 25.5 Å². The van der Waals surface area contributed by atoms with Crippen LogP contribution in [-0.2, 0) is 14.3 Å². The zero-order valence-corrected chi connectivity index (χ0v) is 19.1. The number of hydrogen-bond acceptors (Lipinski definition) is 3. The molecule has 1 aromatic carbocycles. The summed E-state index contributed by atoms with van der Waals surface area (Å²) in [7, 11) is -3.60. The minimum absolute atomic E-state index is 0.249. The first-order valence-electron chi connectivity index (χ1n) is 11.5. The quantitative estimate of drug-likeness (QED) is 0.185. The van der Waals surface area contributed by atoms with E-state index in [1.807, 2.05) is 6.92 Å². The van der Waals surface area contributed by atoms with Crippen LogP contribution in [-0.4, -0.2) is 15.0 Å². The van der Waals surface area contributed by atoms with Gasteiger partial charge in [-0.25, -0.2) is 0 Å². The van der Waals surface area contributed by atoms with Gasteiger partial charge in [0.25, 0.3) is 10.1 Å². The van der Waals surface area contributed by atoms with Crippen molar-refractivity contribution in [2.75, 3.05) is 6.61 Å². The van der Waals surface area contributed by atoms with Crippen molar-refractivity contribution in [2.24, 2.45) is 0 Å². The summed E-state index contributed by atoms with van der Waals surface area (Å²) in [5.41, 5.74) is 1.04. The summed E-state index contributed by atoms with van der Waals surface area (Å²) in [6.07, 6.45) is 19.5. The van der Waals surface area contributed by atoms with Crippen LogP contribution in [0.1, 0.15) is 109 Å². The van der Waals surface area contributed by atoms with E-state index in [1.54, 1.807) is 24.3 Å². The monoisotopic (exact) mass is 410 g/mol. The molecule has 0 bridgehead atoms. The van der Waals surface area contributed by atoms with Crippen molar-refractivity contribution in [1.29, 1.82) is 0 Å². The number of aryl methyl sites for hydroxylation is 1. The Hall–Kier alpha value is -0.870. The van der Waals surface area contributed by atoms with Crippen LogP contribution in [0.3, 0.4) is 0 Å². The van der Waals surface area contributed by atoms with Crippen LogP contribution in [0.2, 0.25) is 0 Å². The Bertz CT molecular complexity index is 578. The minimum atomic E-state index is -3.60. The van der Waals surface area contributed by atoms with Crippen molar-refractivity contribution in [2.45, 2.75) is 115 Å². The average molecular weight is 411 g/mol. The van der Waals surface area contributed by atoms with Gasteiger partial charge in [0.15, 0.2) is 0 Å². The summed E-state index contributed by atoms with van der Waals surface area (Å²) in [5.74, 6) is 0. The van der Waals surface area contributed by atoms with Crippen molar-refractivity contribution >= 4 is 10.1 Å². The molecule has 0 radical (unpaired) electrons. The summed E-state index contributed by atoms with van der Waals surface area (Å²) in [4.78, 5) is 0.249. The zero-order chi connectivity index (χ0) is 20.5. The third-order valence-electron chi connectivity index (χ3n) is 5.30. The first-order chi connectivity index (χ1) is 13.6. The highest BCUT2D eigenvalue weighted by Gasteiger charge is 2.14. The summed E-state index contributed by atoms with van der Waals surface area (Å²) < 4.78 is 29.3. The molecule has 0 aliphatic rings. The maximum absolute atomic E-state index is 12.1. The molecule has 0 heterocycles. The second kappa shape index (κ2) is 16.0. The van der Waals surface area contributed by atoms with Crippen molar-refractivity contribution < 1.29 is 12.6 Å². The second-order valence-corrected chi connectivity index (χ2v) is 9.65. The molecule has 0 unspecified atom stereocenters. The molecule has 0 saturated carbocycles. The highest BCUT2D eigenvalue weighted by molar-refractivity contribution is 7.86. The second-order valence-electron chi connectivity index (χ2n) is 8.04. The van der Waals surface area contributed by atoms with Gasteiger partial charge in [-0.2, -0.15) is 8.42 Å². The van der Waals surface area contributed by atoms with E-state index in [2.05, 4.69) is 6.92 Å². The smallest absolute Gasteiger partial charge is 0.266 e. The molecule has 1 aromatic rings. The first kappa shape index (κ1) is 25.2. The Morgan fingerprint density at radius 2 is 1.04 bits per heavy atom. The van der Waals surface area contributed by atoms with Crippen LogP contribution in [0.4, 0.5) is 0 Å². The van der Waals surface area contributed by atoms with E-state index in [1.165, 1.54) is 83.5 Å². The Balaban J connectivity index is 1.88. The summed E-state index contributed by atoms with van der Waals surface area (Å²) in [5, 5.41) is 0. The van der Waals surface area contributed by atoms with E-state index < -0.39 is 10.1 Å². The molecule has 0 saturated heterocycles. The molecule has 3 nitrogen and oxygen atoms in total. The highest BCUT2D eigenvalue weighted by Crippen LogP contribution is 2.15. The zero-order valence-electron chi connectivity index (χ0n) is 18.3. The molecular formula is C24H42O3S. The molecule has 28 heavy (non-hydrogen) atoms. The van der Waals surface area contributed by atoms with E-state index in [9.17, 15) is 8.42 Å². The van der Waals surface area contributed by atoms with Crippen LogP contribution in [0.25, 0.3) is 0 Å². The number of unbranched alkanes of at least 4 members (excludes halogenated alkanes) is 14. The van der Waals surface area contributed by atoms with E-state index in [-0.39, 0.29) is 11.5 Å². The van der Waals surface area contributed by atoms with Crippen molar-refractivity contribution in [1.82, 2.24) is 0 Å². The molecule has 0 fully saturated rings. The van der Waals surface area contributed by atoms with Gasteiger partial charge in [0.1, 0.15) is 0 Å². The van der Waals surface area contributed by atoms with Crippen LogP contribution in [0.15, 0.2) is 29.2 Å². The van der Waals surface area contributed by atoms with Crippen molar-refractivity contribution in [3.05, 3.63) is 29.8 Å². The predicted octanol–water partition coefficient (Wildman–Crippen LogP) is 7.57. The van der Waals surface area contributed by atoms with Gasteiger partial charge in [-0.15, -0.1) is 0 Å². The summed E-state index contributed by atoms with van der Waals surface area (Å²) >= 11 is 0. The average Bonchev–Trinajstić information content (AvgIpc) is 2.68. The maximum Gasteiger partial charge on any atom is 0.296 e. The maximum atomic E-state index is 12.1. The van der Waals surface area contributed by atoms with E-state index in [0.29, 0.717) is 0 Å². The summed E-state index contributed by atoms with van der Waals surface area (Å²) in [6.45, 7) is 4.49. The Kier molecular flexibility index (Phi) is 14.4. The van der Waals surface area contributed by atoms with Gasteiger partial charge in [0.2, 0.25) is 0 Å². The Labute approximate surface area is 174 Å². The van der Waals surface area contributed by atoms with Gasteiger partial charge < -0.3 is 0 Å². The number of benzene rings is 1. The standard InChI is InChI=1S/C24H42O3S/c1-3-4-5-6-7-8-9-10-11-12-13-14-15-16-17-22-27-28(25,26)24-20-18-23(2)19-21-24/h18-21H,3-17,22H2,1-2H3. The van der Waals surface area contributed by atoms with Gasteiger partial charge in [0.05, 0.1) is 11.5 Å². The van der Waals surface area contributed by atoms with Gasteiger partial charge in [0, 0.05) is 0 Å². The lowest BCUT2D eigenvalue weighted by Crippen LogP contribution is -2.07. The lowest BCUT2D eigenvalue weighted by atomic mass is 10.0. The molecule has 0 atom stereocenters. The van der Waals surface area contributed by atoms with E-state index >= 15 is 0 Å². The SMILES string of the molecule is CCCCCCCCCCCCCCCCCOS(=O)(=O)c1ccc(C)cc1. The molecule has 0 amide bonds. The minimum Gasteiger partial charge on any atom is -0.266 e. The predicted molar refractivity (Wildman–Crippen MR) is 119 cm³/mol. The fraction of sp³-hybridized carbons (Fsp3) is 0.750. The largest absolute Gasteiger partial charge is 0.296 e. The van der Waals surface area contributed by atoms with Crippen LogP contribution < -0.4 is 0 Å². The van der Waals surface area contributed by atoms with Gasteiger partial charge in [-0.3, -0.25) is 4.18 Å². The Morgan fingerprint density at radius 3 is 1.46 bits per heavy atom. The van der Waals surface area contributed by atoms with E-state index in [0.717, 1.165) is 18.4 Å². The fourth-order valence-corrected chi connectivity index (χ4v) is 4.36. The van der Waals surface area contributed by atoms with Gasteiger partial charge >= 0.3 is 0 Å². The number of rotatable bonds is 18. The molecule has 162 valence electrons. The Morgan fingerprint density at radius 1 is 0.643 bits per heavy atom. The molecule has 0 aliphatic carbocycles. The molecule has 0 aliphatic heterocycles. The van der Waals surface area contributed by atoms with Crippen LogP contribution in [0, 0.1) is 6.92 Å². The molecule has 0 N–H and O–H groups in total. The van der Waals surface area contributed by atoms with E-state index in [4.69, 9.17) is 4.18 Å². The molecule has 4 heteroatoms. The van der Waals surface area contributed by atoms with Crippen LogP contribution >= 0.6 is 0 Å². The summed E-state index contributed by atoms with van der Waals surface area (Å²) in [6, 6.07) is 6.81. The molecule has 1 rings (SSSR count). The van der Waals surface area contributed by atoms with Crippen molar-refractivity contribution in [3.8, 4) is 0 Å². The molecule has 0 aromatic heterocycles. The first-order valence-corrected chi connectivity index (χ1v) is 12.9. The third-order valence-corrected chi connectivity index (χ3v) is 6.62.